The Bertz CT molecular complexity index is 1500. The third kappa shape index (κ3) is 4.28. The maximum atomic E-state index is 13.5. The number of terminal acetylenes is 1. The van der Waals surface area contributed by atoms with E-state index in [4.69, 9.17) is 6.42 Å². The van der Waals surface area contributed by atoms with Gasteiger partial charge in [-0.25, -0.2) is 8.96 Å². The van der Waals surface area contributed by atoms with E-state index >= 15 is 0 Å². The lowest BCUT2D eigenvalue weighted by Gasteiger charge is -2.39. The largest absolute Gasteiger partial charge is 0.357 e. The van der Waals surface area contributed by atoms with Gasteiger partial charge in [-0.05, 0) is 19.1 Å². The molecular weight excluding hydrogens is 500 g/mol. The molecule has 0 spiro atoms. The third-order valence-corrected chi connectivity index (χ3v) is 9.42. The Balaban J connectivity index is 1.40. The molecule has 2 aliphatic rings. The monoisotopic (exact) mass is 526 g/mol. The molecule has 188 valence electrons. The van der Waals surface area contributed by atoms with E-state index < -0.39 is 22.2 Å². The van der Waals surface area contributed by atoms with Crippen molar-refractivity contribution in [3.8, 4) is 12.3 Å². The van der Waals surface area contributed by atoms with Gasteiger partial charge < -0.3 is 15.5 Å². The number of hydrogen-bond acceptors (Lipinski definition) is 7. The van der Waals surface area contributed by atoms with Crippen LogP contribution in [0.15, 0.2) is 30.6 Å². The van der Waals surface area contributed by atoms with Gasteiger partial charge in [0.25, 0.3) is 5.91 Å². The number of nitrogens with one attached hydrogen (secondary N) is 2. The molecule has 2 aliphatic heterocycles. The molecule has 0 saturated carbocycles. The van der Waals surface area contributed by atoms with Gasteiger partial charge >= 0.3 is 10.2 Å². The van der Waals surface area contributed by atoms with E-state index in [2.05, 4.69) is 28.5 Å². The van der Waals surface area contributed by atoms with E-state index in [9.17, 15) is 18.0 Å². The second-order valence-electron chi connectivity index (χ2n) is 8.95. The number of amides is 2. The quantitative estimate of drug-likeness (QED) is 0.486. The van der Waals surface area contributed by atoms with Crippen molar-refractivity contribution in [2.75, 3.05) is 26.7 Å². The Morgan fingerprint density at radius 3 is 2.78 bits per heavy atom. The number of likely N-dealkylation sites (N-methyl/N-ethyl adjacent to an activating group) is 1. The smallest absolute Gasteiger partial charge is 0.307 e. The van der Waals surface area contributed by atoms with Crippen molar-refractivity contribution >= 4 is 44.1 Å². The van der Waals surface area contributed by atoms with Crippen molar-refractivity contribution in [1.82, 2.24) is 28.8 Å². The van der Waals surface area contributed by atoms with Crippen molar-refractivity contribution in [1.29, 1.82) is 0 Å². The van der Waals surface area contributed by atoms with Crippen LogP contribution in [0.5, 0.6) is 0 Å². The highest BCUT2D eigenvalue weighted by Gasteiger charge is 2.41. The minimum atomic E-state index is -3.98. The van der Waals surface area contributed by atoms with Gasteiger partial charge in [-0.1, -0.05) is 12.0 Å². The first-order chi connectivity index (χ1) is 17.2. The Morgan fingerprint density at radius 1 is 1.25 bits per heavy atom. The fourth-order valence-electron chi connectivity index (χ4n) is 4.60. The van der Waals surface area contributed by atoms with E-state index in [1.165, 1.54) is 40.0 Å². The van der Waals surface area contributed by atoms with E-state index in [0.29, 0.717) is 22.5 Å². The Morgan fingerprint density at radius 2 is 2.03 bits per heavy atom. The van der Waals surface area contributed by atoms with Gasteiger partial charge in [-0.3, -0.25) is 9.59 Å². The molecular formula is C24H26N6O4S2. The molecule has 2 N–H and O–H groups in total. The van der Waals surface area contributed by atoms with Gasteiger partial charge in [0.1, 0.15) is 6.04 Å². The molecule has 3 aromatic rings. The molecule has 0 radical (unpaired) electrons. The van der Waals surface area contributed by atoms with Gasteiger partial charge in [-0.15, -0.1) is 17.8 Å². The van der Waals surface area contributed by atoms with E-state index in [0.717, 1.165) is 26.4 Å². The number of rotatable bonds is 4. The first-order valence-corrected chi connectivity index (χ1v) is 13.8. The molecule has 4 heterocycles. The van der Waals surface area contributed by atoms with E-state index in [-0.39, 0.29) is 31.6 Å². The zero-order chi connectivity index (χ0) is 25.6. The molecule has 36 heavy (non-hydrogen) atoms. The Labute approximate surface area is 213 Å². The standard InChI is InChI=1S/C24H26N6O4S2/c1-4-16-5-6-17-12-29(13-18(17)10-16)36(33,34)28-7-8-30(20(14-28)22(31)25-3)24(32)23-27-19-9-15(2)26-11-21(19)35-23/h1,5-6,10,12-13,15,20,26H,7-9,11,14H2,2-3H3,(H,25,31). The Kier molecular flexibility index (Phi) is 6.34. The summed E-state index contributed by atoms with van der Waals surface area (Å²) in [6.45, 7) is 2.67. The van der Waals surface area contributed by atoms with Gasteiger partial charge in [0.2, 0.25) is 5.91 Å². The van der Waals surface area contributed by atoms with Crippen molar-refractivity contribution < 1.29 is 18.0 Å². The van der Waals surface area contributed by atoms with Crippen LogP contribution in [0.25, 0.3) is 10.8 Å². The molecule has 10 nitrogen and oxygen atoms in total. The van der Waals surface area contributed by atoms with E-state index in [1.54, 1.807) is 18.2 Å². The number of thiazole rings is 1. The van der Waals surface area contributed by atoms with Crippen LogP contribution in [0.2, 0.25) is 0 Å². The summed E-state index contributed by atoms with van der Waals surface area (Å²) in [4.78, 5) is 33.2. The summed E-state index contributed by atoms with van der Waals surface area (Å²) in [6.07, 6.45) is 9.22. The second-order valence-corrected chi connectivity index (χ2v) is 11.9. The fourth-order valence-corrected chi connectivity index (χ4v) is 7.00. The van der Waals surface area contributed by atoms with Crippen LogP contribution in [0.4, 0.5) is 0 Å². The first kappa shape index (κ1) is 24.5. The summed E-state index contributed by atoms with van der Waals surface area (Å²) >= 11 is 1.32. The van der Waals surface area contributed by atoms with Crippen LogP contribution in [-0.4, -0.2) is 77.2 Å². The van der Waals surface area contributed by atoms with Gasteiger partial charge in [0.05, 0.1) is 5.69 Å². The molecule has 12 heteroatoms. The lowest BCUT2D eigenvalue weighted by atomic mass is 10.1. The first-order valence-electron chi connectivity index (χ1n) is 11.5. The summed E-state index contributed by atoms with van der Waals surface area (Å²) in [5.74, 6) is 1.75. The maximum absolute atomic E-state index is 13.5. The number of aromatic nitrogens is 2. The van der Waals surface area contributed by atoms with Crippen molar-refractivity contribution in [3.63, 3.8) is 0 Å². The zero-order valence-electron chi connectivity index (χ0n) is 19.9. The van der Waals surface area contributed by atoms with Crippen LogP contribution in [-0.2, 0) is 28.0 Å². The molecule has 1 fully saturated rings. The van der Waals surface area contributed by atoms with Crippen molar-refractivity contribution in [2.24, 2.45) is 0 Å². The van der Waals surface area contributed by atoms with Crippen LogP contribution in [0.1, 0.15) is 32.9 Å². The minimum Gasteiger partial charge on any atom is -0.357 e. The van der Waals surface area contributed by atoms with E-state index in [1.807, 2.05) is 0 Å². The normalized spacial score (nSPS) is 20.6. The lowest BCUT2D eigenvalue weighted by molar-refractivity contribution is -0.126. The molecule has 2 amide bonds. The summed E-state index contributed by atoms with van der Waals surface area (Å²) in [7, 11) is -2.51. The number of carbonyl (C=O) groups is 2. The lowest BCUT2D eigenvalue weighted by Crippen LogP contribution is -2.61. The fraction of sp³-hybridized carbons (Fsp3) is 0.375. The highest BCUT2D eigenvalue weighted by atomic mass is 32.2. The maximum Gasteiger partial charge on any atom is 0.307 e. The average molecular weight is 527 g/mol. The average Bonchev–Trinajstić information content (AvgIpc) is 3.51. The zero-order valence-corrected chi connectivity index (χ0v) is 21.5. The Hall–Kier alpha value is -3.24. The number of nitrogens with zero attached hydrogens (tertiary/aromatic N) is 4. The molecule has 2 aromatic heterocycles. The molecule has 1 saturated heterocycles. The molecule has 2 unspecified atom stereocenters. The van der Waals surface area contributed by atoms with Gasteiger partial charge in [-0.2, -0.15) is 12.7 Å². The van der Waals surface area contributed by atoms with Crippen LogP contribution in [0.3, 0.4) is 0 Å². The van der Waals surface area contributed by atoms with Crippen LogP contribution in [0, 0.1) is 12.3 Å². The summed E-state index contributed by atoms with van der Waals surface area (Å²) in [5.41, 5.74) is 1.55. The molecule has 2 atom stereocenters. The van der Waals surface area contributed by atoms with Crippen molar-refractivity contribution in [3.05, 3.63) is 51.7 Å². The van der Waals surface area contributed by atoms with Gasteiger partial charge in [0, 0.05) is 79.3 Å². The third-order valence-electron chi connectivity index (χ3n) is 6.60. The SMILES string of the molecule is C#Cc1ccc2cn(S(=O)(=O)N3CCN(C(=O)c4nc5c(s4)CNC(C)C5)C(C(=O)NC)C3)cc2c1. The number of fused-ring (bicyclic) bond motifs is 2. The topological polar surface area (TPSA) is 117 Å². The highest BCUT2D eigenvalue weighted by molar-refractivity contribution is 7.87. The van der Waals surface area contributed by atoms with Gasteiger partial charge in [0.15, 0.2) is 5.01 Å². The number of piperazine rings is 1. The highest BCUT2D eigenvalue weighted by Crippen LogP contribution is 2.27. The number of benzene rings is 1. The number of carbonyl (C=O) groups excluding carboxylic acids is 2. The predicted molar refractivity (Wildman–Crippen MR) is 137 cm³/mol. The van der Waals surface area contributed by atoms with Crippen LogP contribution >= 0.6 is 11.3 Å². The molecule has 1 aromatic carbocycles. The molecule has 5 rings (SSSR count). The second kappa shape index (κ2) is 9.33. The molecule has 0 aliphatic carbocycles. The summed E-state index contributed by atoms with van der Waals surface area (Å²) in [6, 6.07) is 4.55. The van der Waals surface area contributed by atoms with Crippen LogP contribution < -0.4 is 10.6 Å². The molecule has 0 bridgehead atoms. The predicted octanol–water partition coefficient (Wildman–Crippen LogP) is 0.779. The summed E-state index contributed by atoms with van der Waals surface area (Å²) in [5, 5.41) is 7.67. The minimum absolute atomic E-state index is 0.0510. The summed E-state index contributed by atoms with van der Waals surface area (Å²) < 4.78 is 29.3. The van der Waals surface area contributed by atoms with Crippen molar-refractivity contribution in [2.45, 2.75) is 32.0 Å². The number of hydrogen-bond donors (Lipinski definition) is 2.